The van der Waals surface area contributed by atoms with Crippen LogP contribution in [0.2, 0.25) is 5.02 Å². The van der Waals surface area contributed by atoms with Crippen molar-refractivity contribution < 1.29 is 17.6 Å². The third-order valence-corrected chi connectivity index (χ3v) is 6.01. The molecule has 25 heavy (non-hydrogen) atoms. The van der Waals surface area contributed by atoms with E-state index in [0.29, 0.717) is 18.8 Å². The monoisotopic (exact) mass is 384 g/mol. The topological polar surface area (TPSA) is 66.5 Å². The van der Waals surface area contributed by atoms with Crippen LogP contribution in [0.25, 0.3) is 0 Å². The maximum atomic E-state index is 13.0. The van der Waals surface area contributed by atoms with Crippen molar-refractivity contribution in [2.75, 3.05) is 18.4 Å². The number of sulfonamides is 1. The summed E-state index contributed by atoms with van der Waals surface area (Å²) >= 11 is 5.86. The molecule has 5 nitrogen and oxygen atoms in total. The van der Waals surface area contributed by atoms with Gasteiger partial charge in [0.2, 0.25) is 10.0 Å². The lowest BCUT2D eigenvalue weighted by Gasteiger charge is -2.18. The molecule has 0 radical (unpaired) electrons. The van der Waals surface area contributed by atoms with E-state index in [1.165, 1.54) is 34.6 Å². The van der Waals surface area contributed by atoms with Gasteiger partial charge in [-0.25, -0.2) is 12.8 Å². The Morgan fingerprint density at radius 1 is 1.12 bits per heavy atom. The Balaban J connectivity index is 2.19. The Morgan fingerprint density at radius 2 is 1.72 bits per heavy atom. The highest BCUT2D eigenvalue weighted by atomic mass is 35.5. The Bertz CT molecular complexity index is 866. The number of carbonyl (C=O) groups is 1. The van der Waals surface area contributed by atoms with Crippen molar-refractivity contribution in [1.29, 1.82) is 0 Å². The molecule has 134 valence electrons. The van der Waals surface area contributed by atoms with Gasteiger partial charge in [0.25, 0.3) is 5.91 Å². The molecule has 2 aromatic carbocycles. The number of carbonyl (C=O) groups excluding carboxylic acids is 1. The first-order chi connectivity index (χ1) is 11.8. The van der Waals surface area contributed by atoms with Gasteiger partial charge in [-0.15, -0.1) is 0 Å². The van der Waals surface area contributed by atoms with Gasteiger partial charge in [0.05, 0.1) is 15.5 Å². The van der Waals surface area contributed by atoms with E-state index in [-0.39, 0.29) is 15.5 Å². The summed E-state index contributed by atoms with van der Waals surface area (Å²) in [5, 5.41) is 2.60. The summed E-state index contributed by atoms with van der Waals surface area (Å²) in [5.74, 6) is -1.04. The molecule has 0 spiro atoms. The van der Waals surface area contributed by atoms with E-state index in [9.17, 15) is 17.6 Å². The number of hydrogen-bond acceptors (Lipinski definition) is 3. The van der Waals surface area contributed by atoms with E-state index in [0.717, 1.165) is 12.1 Å². The summed E-state index contributed by atoms with van der Waals surface area (Å²) in [5.41, 5.74) is 0.534. The molecule has 0 aliphatic carbocycles. The number of hydrogen-bond donors (Lipinski definition) is 1. The molecule has 1 N–H and O–H groups in total. The molecule has 0 unspecified atom stereocenters. The van der Waals surface area contributed by atoms with Crippen molar-refractivity contribution in [3.63, 3.8) is 0 Å². The fourth-order valence-corrected chi connectivity index (χ4v) is 4.01. The van der Waals surface area contributed by atoms with Gasteiger partial charge < -0.3 is 5.32 Å². The molecule has 0 heterocycles. The minimum absolute atomic E-state index is 0.00164. The molecule has 0 atom stereocenters. The van der Waals surface area contributed by atoms with Gasteiger partial charge in [-0.1, -0.05) is 25.4 Å². The van der Waals surface area contributed by atoms with E-state index < -0.39 is 21.7 Å². The Labute approximate surface area is 151 Å². The number of rotatable bonds is 6. The number of amides is 1. The predicted molar refractivity (Wildman–Crippen MR) is 95.9 cm³/mol. The number of nitrogens with zero attached hydrogens (tertiary/aromatic N) is 1. The lowest BCUT2D eigenvalue weighted by molar-refractivity contribution is 0.102. The highest BCUT2D eigenvalue weighted by Gasteiger charge is 2.21. The van der Waals surface area contributed by atoms with E-state index in [1.54, 1.807) is 13.8 Å². The van der Waals surface area contributed by atoms with Gasteiger partial charge in [0.1, 0.15) is 5.82 Å². The van der Waals surface area contributed by atoms with Crippen molar-refractivity contribution in [1.82, 2.24) is 4.31 Å². The maximum Gasteiger partial charge on any atom is 0.257 e. The second-order valence-corrected chi connectivity index (χ2v) is 7.54. The molecule has 8 heteroatoms. The third kappa shape index (κ3) is 4.36. The minimum atomic E-state index is -3.55. The van der Waals surface area contributed by atoms with E-state index in [2.05, 4.69) is 5.32 Å². The first-order valence-corrected chi connectivity index (χ1v) is 9.48. The molecule has 1 amide bonds. The largest absolute Gasteiger partial charge is 0.322 e. The quantitative estimate of drug-likeness (QED) is 0.824. The second kappa shape index (κ2) is 7.95. The fraction of sp³-hybridized carbons (Fsp3) is 0.235. The standard InChI is InChI=1S/C17H18ClFN2O3S/c1-3-21(4-2)25(23,24)14-8-6-13(7-9-14)20-17(22)15-10-5-12(19)11-16(15)18/h5-11H,3-4H2,1-2H3,(H,20,22). The van der Waals surface area contributed by atoms with Gasteiger partial charge in [-0.2, -0.15) is 4.31 Å². The van der Waals surface area contributed by atoms with Gasteiger partial charge in [0, 0.05) is 18.8 Å². The minimum Gasteiger partial charge on any atom is -0.322 e. The Kier molecular flexibility index (Phi) is 6.16. The average Bonchev–Trinajstić information content (AvgIpc) is 2.56. The van der Waals surface area contributed by atoms with Crippen LogP contribution >= 0.6 is 11.6 Å². The van der Waals surface area contributed by atoms with Crippen molar-refractivity contribution in [3.05, 3.63) is 58.9 Å². The summed E-state index contributed by atoms with van der Waals surface area (Å²) in [4.78, 5) is 12.3. The molecule has 0 bridgehead atoms. The number of anilines is 1. The molecule has 0 saturated heterocycles. The van der Waals surface area contributed by atoms with Crippen LogP contribution in [0.5, 0.6) is 0 Å². The van der Waals surface area contributed by atoms with Gasteiger partial charge in [0.15, 0.2) is 0 Å². The molecule has 2 aromatic rings. The third-order valence-electron chi connectivity index (χ3n) is 3.63. The fourth-order valence-electron chi connectivity index (χ4n) is 2.29. The summed E-state index contributed by atoms with van der Waals surface area (Å²) in [7, 11) is -3.55. The lowest BCUT2D eigenvalue weighted by Crippen LogP contribution is -2.30. The Hall–Kier alpha value is -1.96. The zero-order valence-corrected chi connectivity index (χ0v) is 15.4. The zero-order valence-electron chi connectivity index (χ0n) is 13.8. The van der Waals surface area contributed by atoms with E-state index in [1.807, 2.05) is 0 Å². The second-order valence-electron chi connectivity index (χ2n) is 5.19. The summed E-state index contributed by atoms with van der Waals surface area (Å²) in [6.45, 7) is 4.28. The molecule has 0 fully saturated rings. The summed E-state index contributed by atoms with van der Waals surface area (Å²) in [6.07, 6.45) is 0. The molecule has 0 aliphatic rings. The van der Waals surface area contributed by atoms with Crippen LogP contribution in [-0.2, 0) is 10.0 Å². The van der Waals surface area contributed by atoms with Crippen molar-refractivity contribution in [3.8, 4) is 0 Å². The maximum absolute atomic E-state index is 13.0. The molecular formula is C17H18ClFN2O3S. The highest BCUT2D eigenvalue weighted by molar-refractivity contribution is 7.89. The van der Waals surface area contributed by atoms with Crippen LogP contribution in [0, 0.1) is 5.82 Å². The van der Waals surface area contributed by atoms with Crippen molar-refractivity contribution >= 4 is 33.2 Å². The SMILES string of the molecule is CCN(CC)S(=O)(=O)c1ccc(NC(=O)c2ccc(F)cc2Cl)cc1. The predicted octanol–water partition coefficient (Wildman–Crippen LogP) is 3.76. The molecular weight excluding hydrogens is 367 g/mol. The Morgan fingerprint density at radius 3 is 2.24 bits per heavy atom. The van der Waals surface area contributed by atoms with Gasteiger partial charge in [-0.3, -0.25) is 4.79 Å². The molecule has 0 aliphatic heterocycles. The lowest BCUT2D eigenvalue weighted by atomic mass is 10.2. The van der Waals surface area contributed by atoms with Crippen LogP contribution < -0.4 is 5.32 Å². The number of halogens is 2. The smallest absolute Gasteiger partial charge is 0.257 e. The van der Waals surface area contributed by atoms with Crippen LogP contribution in [0.3, 0.4) is 0 Å². The number of nitrogens with one attached hydrogen (secondary N) is 1. The summed E-state index contributed by atoms with van der Waals surface area (Å²) in [6, 6.07) is 9.31. The van der Waals surface area contributed by atoms with Crippen molar-refractivity contribution in [2.24, 2.45) is 0 Å². The number of benzene rings is 2. The first kappa shape index (κ1) is 19.4. The zero-order chi connectivity index (χ0) is 18.6. The van der Waals surface area contributed by atoms with Crippen LogP contribution in [0.4, 0.5) is 10.1 Å². The van der Waals surface area contributed by atoms with E-state index in [4.69, 9.17) is 11.6 Å². The first-order valence-electron chi connectivity index (χ1n) is 7.66. The van der Waals surface area contributed by atoms with Gasteiger partial charge >= 0.3 is 0 Å². The summed E-state index contributed by atoms with van der Waals surface area (Å²) < 4.78 is 39.2. The average molecular weight is 385 g/mol. The van der Waals surface area contributed by atoms with Crippen molar-refractivity contribution in [2.45, 2.75) is 18.7 Å². The van der Waals surface area contributed by atoms with Gasteiger partial charge in [-0.05, 0) is 42.5 Å². The van der Waals surface area contributed by atoms with E-state index >= 15 is 0 Å². The molecule has 2 rings (SSSR count). The molecule has 0 aromatic heterocycles. The van der Waals surface area contributed by atoms with Crippen LogP contribution in [0.1, 0.15) is 24.2 Å². The highest BCUT2D eigenvalue weighted by Crippen LogP contribution is 2.21. The normalized spacial score (nSPS) is 11.6. The van der Waals surface area contributed by atoms with Crippen LogP contribution in [0.15, 0.2) is 47.4 Å². The van der Waals surface area contributed by atoms with Crippen LogP contribution in [-0.4, -0.2) is 31.7 Å². The molecule has 0 saturated carbocycles.